The monoisotopic (exact) mass is 288 g/mol. The molecule has 0 atom stereocenters. The predicted molar refractivity (Wildman–Crippen MR) is 68.2 cm³/mol. The van der Waals surface area contributed by atoms with Gasteiger partial charge in [-0.15, -0.1) is 0 Å². The van der Waals surface area contributed by atoms with E-state index in [2.05, 4.69) is 0 Å². The molecule has 5 heteroatoms. The van der Waals surface area contributed by atoms with Gasteiger partial charge in [0.25, 0.3) is 0 Å². The molecule has 0 saturated heterocycles. The zero-order chi connectivity index (χ0) is 12.4. The van der Waals surface area contributed by atoms with Crippen LogP contribution in [0.25, 0.3) is 0 Å². The average molecular weight is 290 g/mol. The number of carbonyl (C=O) groups is 1. The van der Waals surface area contributed by atoms with Gasteiger partial charge in [0.2, 0.25) is 5.22 Å². The van der Waals surface area contributed by atoms with Crippen LogP contribution in [0.1, 0.15) is 15.9 Å². The van der Waals surface area contributed by atoms with Crippen molar-refractivity contribution in [3.05, 3.63) is 56.9 Å². The van der Waals surface area contributed by atoms with Crippen molar-refractivity contribution in [2.45, 2.75) is 6.42 Å². The van der Waals surface area contributed by atoms with Crippen LogP contribution in [0.2, 0.25) is 15.3 Å². The Hall–Kier alpha value is -0.960. The van der Waals surface area contributed by atoms with Crippen LogP contribution in [-0.4, -0.2) is 5.78 Å². The smallest absolute Gasteiger partial charge is 0.203 e. The summed E-state index contributed by atoms with van der Waals surface area (Å²) in [6.07, 6.45) is 1.51. The van der Waals surface area contributed by atoms with Crippen LogP contribution >= 0.6 is 34.8 Å². The van der Waals surface area contributed by atoms with Crippen LogP contribution in [0.4, 0.5) is 0 Å². The zero-order valence-corrected chi connectivity index (χ0v) is 10.8. The quantitative estimate of drug-likeness (QED) is 0.769. The molecule has 0 radical (unpaired) electrons. The lowest BCUT2D eigenvalue weighted by Crippen LogP contribution is -2.03. The molecule has 0 fully saturated rings. The molecular formula is C12H7Cl3O2. The highest BCUT2D eigenvalue weighted by Crippen LogP contribution is 2.27. The number of halogens is 3. The molecule has 2 rings (SSSR count). The molecule has 1 aromatic carbocycles. The zero-order valence-electron chi connectivity index (χ0n) is 8.54. The van der Waals surface area contributed by atoms with E-state index in [0.29, 0.717) is 21.2 Å². The van der Waals surface area contributed by atoms with E-state index in [1.165, 1.54) is 12.3 Å². The van der Waals surface area contributed by atoms with Gasteiger partial charge in [0.15, 0.2) is 5.78 Å². The van der Waals surface area contributed by atoms with E-state index in [4.69, 9.17) is 39.2 Å². The van der Waals surface area contributed by atoms with Gasteiger partial charge in [-0.2, -0.15) is 0 Å². The van der Waals surface area contributed by atoms with Crippen molar-refractivity contribution < 1.29 is 9.21 Å². The van der Waals surface area contributed by atoms with Crippen LogP contribution in [0.3, 0.4) is 0 Å². The minimum Gasteiger partial charge on any atom is -0.452 e. The lowest BCUT2D eigenvalue weighted by Gasteiger charge is -2.04. The van der Waals surface area contributed by atoms with Crippen molar-refractivity contribution in [1.29, 1.82) is 0 Å². The van der Waals surface area contributed by atoms with E-state index >= 15 is 0 Å². The summed E-state index contributed by atoms with van der Waals surface area (Å²) in [4.78, 5) is 11.9. The molecule has 0 spiro atoms. The number of ketones is 1. The first-order valence-electron chi connectivity index (χ1n) is 4.78. The summed E-state index contributed by atoms with van der Waals surface area (Å²) in [6, 6.07) is 6.69. The maximum absolute atomic E-state index is 11.9. The Morgan fingerprint density at radius 2 is 1.94 bits per heavy atom. The summed E-state index contributed by atoms with van der Waals surface area (Å²) in [5, 5.41) is 0.908. The van der Waals surface area contributed by atoms with Crippen molar-refractivity contribution in [2.24, 2.45) is 0 Å². The largest absolute Gasteiger partial charge is 0.452 e. The van der Waals surface area contributed by atoms with Gasteiger partial charge < -0.3 is 4.42 Å². The number of rotatable bonds is 3. The third-order valence-corrected chi connectivity index (χ3v) is 3.45. The van der Waals surface area contributed by atoms with Crippen LogP contribution in [0.15, 0.2) is 34.9 Å². The Labute approximate surface area is 113 Å². The van der Waals surface area contributed by atoms with E-state index in [1.807, 2.05) is 0 Å². The van der Waals surface area contributed by atoms with Crippen molar-refractivity contribution >= 4 is 40.6 Å². The Bertz CT molecular complexity index is 561. The number of benzene rings is 1. The SMILES string of the molecule is O=C(Cc1cccc(Cl)c1Cl)c1ccoc1Cl. The summed E-state index contributed by atoms with van der Waals surface area (Å²) in [5.74, 6) is -0.159. The van der Waals surface area contributed by atoms with Crippen molar-refractivity contribution in [1.82, 2.24) is 0 Å². The maximum Gasteiger partial charge on any atom is 0.203 e. The van der Waals surface area contributed by atoms with E-state index < -0.39 is 0 Å². The fourth-order valence-electron chi connectivity index (χ4n) is 1.45. The lowest BCUT2D eigenvalue weighted by molar-refractivity contribution is 0.0992. The molecule has 2 nitrogen and oxygen atoms in total. The molecule has 0 saturated carbocycles. The van der Waals surface area contributed by atoms with Gasteiger partial charge in [-0.05, 0) is 29.3 Å². The first-order chi connectivity index (χ1) is 8.09. The van der Waals surface area contributed by atoms with Crippen molar-refractivity contribution in [3.63, 3.8) is 0 Å². The Balaban J connectivity index is 2.25. The van der Waals surface area contributed by atoms with Crippen LogP contribution in [0.5, 0.6) is 0 Å². The molecule has 17 heavy (non-hydrogen) atoms. The Morgan fingerprint density at radius 1 is 1.18 bits per heavy atom. The first kappa shape index (κ1) is 12.5. The highest BCUT2D eigenvalue weighted by atomic mass is 35.5. The second kappa shape index (κ2) is 5.13. The third kappa shape index (κ3) is 2.65. The van der Waals surface area contributed by atoms with E-state index in [0.717, 1.165) is 0 Å². The summed E-state index contributed by atoms with van der Waals surface area (Å²) in [7, 11) is 0. The van der Waals surface area contributed by atoms with Crippen molar-refractivity contribution in [2.75, 3.05) is 0 Å². The Morgan fingerprint density at radius 3 is 2.59 bits per heavy atom. The van der Waals surface area contributed by atoms with Gasteiger partial charge in [0, 0.05) is 6.42 Å². The highest BCUT2D eigenvalue weighted by molar-refractivity contribution is 6.42. The number of hydrogen-bond acceptors (Lipinski definition) is 2. The van der Waals surface area contributed by atoms with Gasteiger partial charge in [0.05, 0.1) is 21.9 Å². The molecule has 0 unspecified atom stereocenters. The summed E-state index contributed by atoms with van der Waals surface area (Å²) < 4.78 is 4.86. The van der Waals surface area contributed by atoms with Gasteiger partial charge in [-0.25, -0.2) is 0 Å². The number of carbonyl (C=O) groups excluding carboxylic acids is 1. The van der Waals surface area contributed by atoms with Crippen LogP contribution in [-0.2, 0) is 6.42 Å². The molecule has 0 aliphatic carbocycles. The van der Waals surface area contributed by atoms with E-state index in [1.54, 1.807) is 18.2 Å². The molecule has 0 amide bonds. The Kier molecular flexibility index (Phi) is 3.77. The molecule has 1 heterocycles. The van der Waals surface area contributed by atoms with Gasteiger partial charge in [0.1, 0.15) is 0 Å². The molecule has 0 N–H and O–H groups in total. The summed E-state index contributed by atoms with van der Waals surface area (Å²) in [6.45, 7) is 0. The second-order valence-electron chi connectivity index (χ2n) is 3.42. The highest BCUT2D eigenvalue weighted by Gasteiger charge is 2.15. The first-order valence-corrected chi connectivity index (χ1v) is 5.92. The van der Waals surface area contributed by atoms with E-state index in [9.17, 15) is 4.79 Å². The standard InChI is InChI=1S/C12H7Cl3O2/c13-9-3-1-2-7(11(9)14)6-10(16)8-4-5-17-12(8)15/h1-5H,6H2. The van der Waals surface area contributed by atoms with Gasteiger partial charge in [-0.1, -0.05) is 35.3 Å². The van der Waals surface area contributed by atoms with Crippen LogP contribution in [0, 0.1) is 0 Å². The summed E-state index contributed by atoms with van der Waals surface area (Å²) in [5.41, 5.74) is 1.02. The molecule has 88 valence electrons. The van der Waals surface area contributed by atoms with Crippen molar-refractivity contribution in [3.8, 4) is 0 Å². The fourth-order valence-corrected chi connectivity index (χ4v) is 2.05. The number of furan rings is 1. The number of Topliss-reactive ketones (excluding diaryl/α,β-unsaturated/α-hetero) is 1. The maximum atomic E-state index is 11.9. The van der Waals surface area contributed by atoms with E-state index in [-0.39, 0.29) is 17.4 Å². The van der Waals surface area contributed by atoms with Gasteiger partial charge >= 0.3 is 0 Å². The normalized spacial score (nSPS) is 10.5. The van der Waals surface area contributed by atoms with Crippen LogP contribution < -0.4 is 0 Å². The molecular weight excluding hydrogens is 282 g/mol. The molecule has 0 aliphatic heterocycles. The van der Waals surface area contributed by atoms with Gasteiger partial charge in [-0.3, -0.25) is 4.79 Å². The molecule has 1 aromatic heterocycles. The minimum atomic E-state index is -0.159. The summed E-state index contributed by atoms with van der Waals surface area (Å²) >= 11 is 17.6. The predicted octanol–water partition coefficient (Wildman–Crippen LogP) is 4.67. The fraction of sp³-hybridized carbons (Fsp3) is 0.0833. The average Bonchev–Trinajstić information content (AvgIpc) is 2.71. The minimum absolute atomic E-state index is 0.0909. The topological polar surface area (TPSA) is 30.2 Å². The molecule has 0 aliphatic rings. The lowest BCUT2D eigenvalue weighted by atomic mass is 10.1. The second-order valence-corrected chi connectivity index (χ2v) is 4.55. The molecule has 0 bridgehead atoms. The third-order valence-electron chi connectivity index (χ3n) is 2.30. The number of hydrogen-bond donors (Lipinski definition) is 0. The molecule has 2 aromatic rings.